The van der Waals surface area contributed by atoms with Crippen molar-refractivity contribution in [1.82, 2.24) is 4.90 Å². The summed E-state index contributed by atoms with van der Waals surface area (Å²) < 4.78 is 43.8. The number of carbonyl (C=O) groups is 1. The van der Waals surface area contributed by atoms with Gasteiger partial charge in [-0.2, -0.15) is 13.2 Å². The number of Topliss-reactive ketones (excluding diaryl/α,β-unsaturated/α-hetero) is 1. The van der Waals surface area contributed by atoms with Gasteiger partial charge in [-0.05, 0) is 38.5 Å². The Morgan fingerprint density at radius 1 is 1.22 bits per heavy atom. The van der Waals surface area contributed by atoms with E-state index in [4.69, 9.17) is 4.74 Å². The van der Waals surface area contributed by atoms with E-state index in [1.807, 2.05) is 18.7 Å². The highest BCUT2D eigenvalue weighted by Crippen LogP contribution is 2.31. The van der Waals surface area contributed by atoms with Crippen molar-refractivity contribution in [2.45, 2.75) is 26.9 Å². The van der Waals surface area contributed by atoms with Crippen molar-refractivity contribution in [2.75, 3.05) is 26.3 Å². The van der Waals surface area contributed by atoms with Crippen molar-refractivity contribution in [1.29, 1.82) is 0 Å². The van der Waals surface area contributed by atoms with Gasteiger partial charge in [0.05, 0.1) is 5.56 Å². The fourth-order valence-corrected chi connectivity index (χ4v) is 2.03. The van der Waals surface area contributed by atoms with Crippen molar-refractivity contribution in [3.8, 4) is 0 Å². The van der Waals surface area contributed by atoms with Crippen LogP contribution < -0.4 is 0 Å². The number of ketones is 1. The topological polar surface area (TPSA) is 29.5 Å². The van der Waals surface area contributed by atoms with E-state index >= 15 is 0 Å². The average molecular weight is 329 g/mol. The predicted octanol–water partition coefficient (Wildman–Crippen LogP) is 3.99. The summed E-state index contributed by atoms with van der Waals surface area (Å²) in [6.45, 7) is 7.10. The maximum atomic E-state index is 12.9. The van der Waals surface area contributed by atoms with Gasteiger partial charge in [0.1, 0.15) is 6.61 Å². The van der Waals surface area contributed by atoms with Crippen LogP contribution in [0.15, 0.2) is 30.5 Å². The minimum absolute atomic E-state index is 0.153. The largest absolute Gasteiger partial charge is 0.416 e. The van der Waals surface area contributed by atoms with Crippen LogP contribution in [0, 0.1) is 0 Å². The van der Waals surface area contributed by atoms with Crippen molar-refractivity contribution < 1.29 is 22.7 Å². The summed E-state index contributed by atoms with van der Waals surface area (Å²) in [6.07, 6.45) is -2.84. The van der Waals surface area contributed by atoms with Gasteiger partial charge in [-0.25, -0.2) is 0 Å². The summed E-state index contributed by atoms with van der Waals surface area (Å²) in [5, 5.41) is 0. The first-order valence-corrected chi connectivity index (χ1v) is 7.57. The third-order valence-corrected chi connectivity index (χ3v) is 3.36. The first kappa shape index (κ1) is 19.2. The zero-order valence-electron chi connectivity index (χ0n) is 13.6. The number of carbonyl (C=O) groups excluding carboxylic acids is 1. The van der Waals surface area contributed by atoms with Crippen LogP contribution in [0.1, 0.15) is 31.9 Å². The lowest BCUT2D eigenvalue weighted by atomic mass is 10.00. The van der Waals surface area contributed by atoms with Gasteiger partial charge in [0.2, 0.25) is 0 Å². The second-order valence-electron chi connectivity index (χ2n) is 4.90. The van der Waals surface area contributed by atoms with E-state index in [2.05, 4.69) is 0 Å². The molecule has 3 nitrogen and oxygen atoms in total. The Labute approximate surface area is 134 Å². The van der Waals surface area contributed by atoms with Gasteiger partial charge in [-0.15, -0.1) is 0 Å². The molecule has 0 aliphatic rings. The fourth-order valence-electron chi connectivity index (χ4n) is 2.03. The van der Waals surface area contributed by atoms with Gasteiger partial charge in [0.15, 0.2) is 5.78 Å². The molecule has 0 radical (unpaired) electrons. The van der Waals surface area contributed by atoms with Crippen molar-refractivity contribution >= 4 is 11.4 Å². The molecule has 0 atom stereocenters. The summed E-state index contributed by atoms with van der Waals surface area (Å²) in [5.41, 5.74) is -0.297. The van der Waals surface area contributed by atoms with Gasteiger partial charge in [0, 0.05) is 31.5 Å². The van der Waals surface area contributed by atoms with Crippen LogP contribution in [0.5, 0.6) is 0 Å². The van der Waals surface area contributed by atoms with E-state index in [0.717, 1.165) is 12.1 Å². The Hall–Kier alpha value is -1.82. The van der Waals surface area contributed by atoms with Gasteiger partial charge in [-0.3, -0.25) is 4.79 Å². The van der Waals surface area contributed by atoms with Crippen molar-refractivity contribution in [3.05, 3.63) is 41.6 Å². The number of halogens is 3. The molecule has 6 heteroatoms. The lowest BCUT2D eigenvalue weighted by Gasteiger charge is -2.18. The van der Waals surface area contributed by atoms with E-state index in [0.29, 0.717) is 19.7 Å². The van der Waals surface area contributed by atoms with Crippen molar-refractivity contribution in [2.24, 2.45) is 0 Å². The van der Waals surface area contributed by atoms with Crippen LogP contribution in [-0.4, -0.2) is 37.0 Å². The Balaban J connectivity index is 3.26. The minimum atomic E-state index is -4.45. The number of hydrogen-bond acceptors (Lipinski definition) is 3. The molecule has 0 spiro atoms. The molecule has 23 heavy (non-hydrogen) atoms. The Morgan fingerprint density at radius 2 is 1.87 bits per heavy atom. The molecule has 0 saturated carbocycles. The average Bonchev–Trinajstić information content (AvgIpc) is 2.53. The second kappa shape index (κ2) is 8.72. The number of nitrogens with zero attached hydrogens (tertiary/aromatic N) is 1. The highest BCUT2D eigenvalue weighted by atomic mass is 19.4. The molecule has 0 aliphatic carbocycles. The first-order valence-electron chi connectivity index (χ1n) is 7.57. The highest BCUT2D eigenvalue weighted by molar-refractivity contribution is 6.21. The van der Waals surface area contributed by atoms with E-state index in [9.17, 15) is 18.0 Å². The molecule has 0 heterocycles. The summed E-state index contributed by atoms with van der Waals surface area (Å²) >= 11 is 0. The summed E-state index contributed by atoms with van der Waals surface area (Å²) in [5.74, 6) is -0.335. The monoisotopic (exact) mass is 329 g/mol. The third-order valence-electron chi connectivity index (χ3n) is 3.36. The Kier molecular flexibility index (Phi) is 7.29. The van der Waals surface area contributed by atoms with E-state index in [1.54, 1.807) is 13.1 Å². The SMILES string of the molecule is CCOCC(=O)/C(=C/N(CC)CC)c1cccc(C(F)(F)F)c1. The lowest BCUT2D eigenvalue weighted by Crippen LogP contribution is -2.20. The van der Waals surface area contributed by atoms with Gasteiger partial charge in [0.25, 0.3) is 0 Å². The molecule has 128 valence electrons. The highest BCUT2D eigenvalue weighted by Gasteiger charge is 2.31. The van der Waals surface area contributed by atoms with Crippen LogP contribution in [0.3, 0.4) is 0 Å². The van der Waals surface area contributed by atoms with E-state index in [1.165, 1.54) is 12.1 Å². The van der Waals surface area contributed by atoms with Gasteiger partial charge >= 0.3 is 6.18 Å². The molecule has 1 rings (SSSR count). The molecule has 0 saturated heterocycles. The molecule has 0 amide bonds. The molecule has 1 aromatic rings. The normalized spacial score (nSPS) is 12.3. The van der Waals surface area contributed by atoms with E-state index in [-0.39, 0.29) is 23.5 Å². The van der Waals surface area contributed by atoms with Gasteiger partial charge < -0.3 is 9.64 Å². The Bertz CT molecular complexity index is 549. The summed E-state index contributed by atoms with van der Waals surface area (Å²) in [6, 6.07) is 4.81. The molecule has 0 N–H and O–H groups in total. The third kappa shape index (κ3) is 5.71. The maximum Gasteiger partial charge on any atom is 0.416 e. The van der Waals surface area contributed by atoms with E-state index < -0.39 is 11.7 Å². The fraction of sp³-hybridized carbons (Fsp3) is 0.471. The number of alkyl halides is 3. The van der Waals surface area contributed by atoms with Crippen LogP contribution in [0.25, 0.3) is 5.57 Å². The number of rotatable bonds is 8. The standard InChI is InChI=1S/C17H22F3NO2/c1-4-21(5-2)11-15(16(22)12-23-6-3)13-8-7-9-14(10-13)17(18,19)20/h7-11H,4-6,12H2,1-3H3/b15-11+. The minimum Gasteiger partial charge on any atom is -0.377 e. The molecule has 0 fully saturated rings. The van der Waals surface area contributed by atoms with Crippen LogP contribution in [0.2, 0.25) is 0 Å². The first-order chi connectivity index (χ1) is 10.8. The van der Waals surface area contributed by atoms with Crippen LogP contribution in [-0.2, 0) is 15.7 Å². The number of hydrogen-bond donors (Lipinski definition) is 0. The lowest BCUT2D eigenvalue weighted by molar-refractivity contribution is -0.137. The van der Waals surface area contributed by atoms with Crippen LogP contribution >= 0.6 is 0 Å². The zero-order chi connectivity index (χ0) is 17.5. The summed E-state index contributed by atoms with van der Waals surface area (Å²) in [7, 11) is 0. The predicted molar refractivity (Wildman–Crippen MR) is 83.8 cm³/mol. The quantitative estimate of drug-likeness (QED) is 0.675. The summed E-state index contributed by atoms with van der Waals surface area (Å²) in [4.78, 5) is 14.2. The molecule has 0 unspecified atom stereocenters. The van der Waals surface area contributed by atoms with Crippen molar-refractivity contribution in [3.63, 3.8) is 0 Å². The van der Waals surface area contributed by atoms with Crippen LogP contribution in [0.4, 0.5) is 13.2 Å². The molecule has 1 aromatic carbocycles. The van der Waals surface area contributed by atoms with Gasteiger partial charge in [-0.1, -0.05) is 12.1 Å². The number of ether oxygens (including phenoxy) is 1. The molecule has 0 bridgehead atoms. The smallest absolute Gasteiger partial charge is 0.377 e. The second-order valence-corrected chi connectivity index (χ2v) is 4.90. The Morgan fingerprint density at radius 3 is 2.39 bits per heavy atom. The molecule has 0 aromatic heterocycles. The number of benzene rings is 1. The zero-order valence-corrected chi connectivity index (χ0v) is 13.6. The maximum absolute atomic E-state index is 12.9. The molecular formula is C17H22F3NO2. The molecule has 0 aliphatic heterocycles. The molecular weight excluding hydrogens is 307 g/mol.